The van der Waals surface area contributed by atoms with Gasteiger partial charge in [0.25, 0.3) is 30.4 Å². The Morgan fingerprint density at radius 1 is 0.667 bits per heavy atom. The number of sulfone groups is 1. The van der Waals surface area contributed by atoms with Crippen molar-refractivity contribution in [2.75, 3.05) is 28.3 Å². The third-order valence-electron chi connectivity index (χ3n) is 7.24. The maximum absolute atomic E-state index is 12.7. The molecule has 35 heteroatoms. The van der Waals surface area contributed by atoms with E-state index in [1.807, 2.05) is 0 Å². The monoisotopic (exact) mass is 1030 g/mol. The number of aromatic nitrogens is 3. The predicted octanol–water partition coefficient (Wildman–Crippen LogP) is 1.88. The number of nitrogens with two attached hydrogens (primary N) is 1. The number of carbonyl (C=O) groups excluding carboxylic acids is 1. The second-order valence-corrected chi connectivity index (χ2v) is 19.1. The Labute approximate surface area is 451 Å². The summed E-state index contributed by atoms with van der Waals surface area (Å²) in [7, 11) is -24.5. The number of rotatable bonds is 15. The number of nitrogens with one attached hydrogen (secondary N) is 3. The van der Waals surface area contributed by atoms with Crippen molar-refractivity contribution in [1.29, 1.82) is 0 Å². The van der Waals surface area contributed by atoms with Crippen molar-refractivity contribution in [3.63, 3.8) is 0 Å². The van der Waals surface area contributed by atoms with Crippen LogP contribution in [0.15, 0.2) is 96.5 Å². The van der Waals surface area contributed by atoms with Gasteiger partial charge >= 0.3 is 16.4 Å². The number of primary amides is 1. The van der Waals surface area contributed by atoms with Gasteiger partial charge in [0.2, 0.25) is 17.2 Å². The largest absolute Gasteiger partial charge is 0.397 e. The first-order valence-corrected chi connectivity index (χ1v) is 23.0. The standard InChI is InChI=1S/C28H24ClN9O16S5.4Na/c29-25-34-27(31-15-2-1-3-17(10-15)55(40,41)7-6-54-59(51,52)53)36-28(35-25)32-16-4-5-20(21(11-16)33-26(30)39)37-38-22-13-19-14(9-24(22)58(48,49)50)8-18(56(42,43)44)12-23(19)57(45,46)47;;;;/h1-5,8-13H,6-7H2,(H3,30,33,39)(H,42,43,44)(H,45,46,47)(H,48,49,50)(H,51,52,53)(H2,31,32,34,35,36);;;;. The Bertz CT molecular complexity index is 3160. The van der Waals surface area contributed by atoms with Gasteiger partial charge in [-0.1, -0.05) is 6.07 Å². The zero-order valence-corrected chi connectivity index (χ0v) is 45.5. The minimum absolute atomic E-state index is 0. The molecule has 0 aliphatic carbocycles. The Morgan fingerprint density at radius 3 is 1.78 bits per heavy atom. The summed E-state index contributed by atoms with van der Waals surface area (Å²) in [4.78, 5) is 20.5. The van der Waals surface area contributed by atoms with Crippen LogP contribution < -0.4 is 21.7 Å². The number of azo groups is 1. The number of hydrogen-bond acceptors (Lipinski definition) is 19. The van der Waals surface area contributed by atoms with Crippen LogP contribution in [0.3, 0.4) is 0 Å². The molecule has 0 bridgehead atoms. The average Bonchev–Trinajstić information content (AvgIpc) is 3.08. The van der Waals surface area contributed by atoms with Crippen LogP contribution in [-0.2, 0) is 54.8 Å². The van der Waals surface area contributed by atoms with Crippen molar-refractivity contribution < 1.29 is 69.3 Å². The molecule has 0 aliphatic heterocycles. The van der Waals surface area contributed by atoms with Crippen LogP contribution in [0, 0.1) is 0 Å². The van der Waals surface area contributed by atoms with E-state index < -0.39 is 100 Å². The van der Waals surface area contributed by atoms with Gasteiger partial charge in [0.1, 0.15) is 21.2 Å². The molecule has 0 unspecified atom stereocenters. The molecule has 1 aromatic heterocycles. The third kappa shape index (κ3) is 16.9. The maximum atomic E-state index is 12.7. The summed E-state index contributed by atoms with van der Waals surface area (Å²) in [5, 5.41) is 14.0. The smallest absolute Gasteiger partial charge is 0.351 e. The molecule has 318 valence electrons. The first-order valence-electron chi connectivity index (χ1n) is 15.2. The number of amides is 2. The molecule has 4 aromatic carbocycles. The summed E-state index contributed by atoms with van der Waals surface area (Å²) >= 11 is 6.08. The van der Waals surface area contributed by atoms with Crippen LogP contribution in [-0.4, -0.2) is 212 Å². The second kappa shape index (κ2) is 23.5. The van der Waals surface area contributed by atoms with Crippen LogP contribution in [0.1, 0.15) is 0 Å². The summed E-state index contributed by atoms with van der Waals surface area (Å²) in [6, 6.07) is 10.1. The molecule has 4 radical (unpaired) electrons. The van der Waals surface area contributed by atoms with Gasteiger partial charge < -0.3 is 21.7 Å². The molecule has 1 heterocycles. The zero-order chi connectivity index (χ0) is 43.7. The minimum Gasteiger partial charge on any atom is -0.351 e. The fourth-order valence-corrected chi connectivity index (χ4v) is 8.54. The number of fused-ring (bicyclic) bond motifs is 1. The third-order valence-corrected chi connectivity index (χ3v) is 12.2. The molecular formula is C28H24ClN9Na4O16S5. The average molecular weight is 1030 g/mol. The van der Waals surface area contributed by atoms with Crippen LogP contribution >= 0.6 is 11.6 Å². The number of halogens is 1. The van der Waals surface area contributed by atoms with Gasteiger partial charge in [-0.2, -0.15) is 48.6 Å². The first-order chi connectivity index (χ1) is 27.2. The topological polar surface area (TPSA) is 403 Å². The van der Waals surface area contributed by atoms with Crippen LogP contribution in [0.25, 0.3) is 10.8 Å². The van der Waals surface area contributed by atoms with Crippen molar-refractivity contribution in [2.24, 2.45) is 16.0 Å². The fourth-order valence-electron chi connectivity index (χ4n) is 4.86. The molecule has 5 rings (SSSR count). The van der Waals surface area contributed by atoms with E-state index in [-0.39, 0.29) is 163 Å². The van der Waals surface area contributed by atoms with Crippen LogP contribution in [0.4, 0.5) is 45.1 Å². The van der Waals surface area contributed by atoms with Crippen LogP contribution in [0.5, 0.6) is 0 Å². The summed E-state index contributed by atoms with van der Waals surface area (Å²) in [6.07, 6.45) is 0. The summed E-state index contributed by atoms with van der Waals surface area (Å²) < 4.78 is 161. The SMILES string of the molecule is NC(=O)Nc1cc(Nc2nc(Cl)nc(Nc3cccc(S(=O)(=O)CCOS(=O)(=O)O)c3)n2)ccc1N=Nc1cc2c(S(=O)(=O)O)cc(S(=O)(=O)O)cc2cc1S(=O)(=O)O.[Na].[Na].[Na].[Na]. The van der Waals surface area contributed by atoms with Crippen molar-refractivity contribution in [3.05, 3.63) is 72.0 Å². The molecule has 0 aliphatic rings. The molecule has 0 fully saturated rings. The fraction of sp³-hybridized carbons (Fsp3) is 0.0714. The van der Waals surface area contributed by atoms with E-state index in [1.54, 1.807) is 0 Å². The summed E-state index contributed by atoms with van der Waals surface area (Å²) in [5.41, 5.74) is 4.36. The van der Waals surface area contributed by atoms with Crippen LogP contribution in [0.2, 0.25) is 5.28 Å². The van der Waals surface area contributed by atoms with Crippen molar-refractivity contribution >= 4 is 238 Å². The van der Waals surface area contributed by atoms with E-state index >= 15 is 0 Å². The first kappa shape index (κ1) is 59.5. The zero-order valence-electron chi connectivity index (χ0n) is 32.7. The van der Waals surface area contributed by atoms with E-state index in [2.05, 4.69) is 45.3 Å². The quantitative estimate of drug-likeness (QED) is 0.0421. The normalized spacial score (nSPS) is 12.0. The van der Waals surface area contributed by atoms with Crippen molar-refractivity contribution in [1.82, 2.24) is 15.0 Å². The minimum atomic E-state index is -5.23. The molecule has 0 atom stereocenters. The molecule has 25 nitrogen and oxygen atoms in total. The summed E-state index contributed by atoms with van der Waals surface area (Å²) in [5.74, 6) is -1.24. The second-order valence-electron chi connectivity index (χ2n) is 11.4. The van der Waals surface area contributed by atoms with Crippen molar-refractivity contribution in [2.45, 2.75) is 19.6 Å². The Morgan fingerprint density at radius 2 is 1.24 bits per heavy atom. The van der Waals surface area contributed by atoms with E-state index in [4.69, 9.17) is 21.9 Å². The Balaban J connectivity index is 0.00000496. The molecule has 9 N–H and O–H groups in total. The number of benzene rings is 4. The van der Waals surface area contributed by atoms with Gasteiger partial charge in [0.15, 0.2) is 9.84 Å². The van der Waals surface area contributed by atoms with Crippen molar-refractivity contribution in [3.8, 4) is 0 Å². The summed E-state index contributed by atoms with van der Waals surface area (Å²) in [6.45, 7) is -0.859. The molecule has 63 heavy (non-hydrogen) atoms. The molecule has 2 amide bonds. The van der Waals surface area contributed by atoms with E-state index in [0.29, 0.717) is 18.2 Å². The molecule has 0 spiro atoms. The predicted molar refractivity (Wildman–Crippen MR) is 228 cm³/mol. The number of anilines is 5. The number of urea groups is 1. The number of carbonyl (C=O) groups is 1. The number of hydrogen-bond donors (Lipinski definition) is 8. The van der Waals surface area contributed by atoms with Gasteiger partial charge in [-0.25, -0.2) is 17.4 Å². The molecule has 0 saturated carbocycles. The molecule has 5 aromatic rings. The van der Waals surface area contributed by atoms with Gasteiger partial charge in [-0.15, -0.1) is 10.2 Å². The van der Waals surface area contributed by atoms with Gasteiger partial charge in [0.05, 0.1) is 27.8 Å². The van der Waals surface area contributed by atoms with Gasteiger partial charge in [-0.05, 0) is 77.7 Å². The Hall–Kier alpha value is -1.54. The molecule has 0 saturated heterocycles. The van der Waals surface area contributed by atoms with E-state index in [0.717, 1.165) is 12.1 Å². The molecular weight excluding hydrogens is 1010 g/mol. The van der Waals surface area contributed by atoms with Gasteiger partial charge in [0, 0.05) is 135 Å². The number of nitrogens with zero attached hydrogens (tertiary/aromatic N) is 5. The van der Waals surface area contributed by atoms with Gasteiger partial charge in [-0.3, -0.25) is 18.2 Å². The van der Waals surface area contributed by atoms with E-state index in [1.165, 1.54) is 36.4 Å². The van der Waals surface area contributed by atoms with E-state index in [9.17, 15) is 60.5 Å². The Kier molecular flexibility index (Phi) is 22.1. The maximum Gasteiger partial charge on any atom is 0.397 e.